The van der Waals surface area contributed by atoms with Gasteiger partial charge in [-0.3, -0.25) is 33.8 Å². The second-order valence-corrected chi connectivity index (χ2v) is 16.1. The molecule has 10 heteroatoms. The molecule has 1 N–H and O–H groups in total. The Bertz CT molecular complexity index is 1550. The van der Waals surface area contributed by atoms with E-state index < -0.39 is 46.8 Å². The Morgan fingerprint density at radius 1 is 0.941 bits per heavy atom. The summed E-state index contributed by atoms with van der Waals surface area (Å²) in [7, 11) is 0. The number of likely N-dealkylation sites (tertiary alicyclic amines) is 1. The van der Waals surface area contributed by atoms with Crippen LogP contribution in [0.2, 0.25) is 0 Å². The third-order valence-corrected chi connectivity index (χ3v) is 10.9. The molecule has 51 heavy (non-hydrogen) atoms. The molecule has 1 aromatic heterocycles. The van der Waals surface area contributed by atoms with Gasteiger partial charge < -0.3 is 10.2 Å². The van der Waals surface area contributed by atoms with Crippen LogP contribution in [0.5, 0.6) is 0 Å². The van der Waals surface area contributed by atoms with Gasteiger partial charge in [-0.2, -0.15) is 0 Å². The molecule has 1 aliphatic heterocycles. The Labute approximate surface area is 303 Å². The summed E-state index contributed by atoms with van der Waals surface area (Å²) in [6.45, 7) is 13.6. The summed E-state index contributed by atoms with van der Waals surface area (Å²) in [6.07, 6.45) is 7.89. The molecular formula is C41H56N4O6. The zero-order valence-electron chi connectivity index (χ0n) is 31.4. The van der Waals surface area contributed by atoms with E-state index in [9.17, 15) is 28.8 Å². The highest BCUT2D eigenvalue weighted by Gasteiger charge is 2.52. The van der Waals surface area contributed by atoms with E-state index in [-0.39, 0.29) is 66.1 Å². The van der Waals surface area contributed by atoms with Crippen LogP contribution in [0.3, 0.4) is 0 Å². The van der Waals surface area contributed by atoms with Gasteiger partial charge in [-0.05, 0) is 53.9 Å². The molecular weight excluding hydrogens is 644 g/mol. The van der Waals surface area contributed by atoms with Gasteiger partial charge in [0.25, 0.3) is 0 Å². The van der Waals surface area contributed by atoms with Crippen LogP contribution in [0.1, 0.15) is 122 Å². The van der Waals surface area contributed by atoms with E-state index >= 15 is 0 Å². The second kappa shape index (κ2) is 17.4. The van der Waals surface area contributed by atoms with Crippen LogP contribution in [0.15, 0.2) is 48.9 Å². The van der Waals surface area contributed by atoms with E-state index in [1.54, 1.807) is 4.90 Å². The Morgan fingerprint density at radius 2 is 1.65 bits per heavy atom. The molecule has 1 aliphatic carbocycles. The molecule has 10 nitrogen and oxygen atoms in total. The number of hydrogen-bond donors (Lipinski definition) is 1. The van der Waals surface area contributed by atoms with Gasteiger partial charge in [-0.1, -0.05) is 91.6 Å². The minimum absolute atomic E-state index is 0.0306. The molecule has 0 spiro atoms. The van der Waals surface area contributed by atoms with Crippen LogP contribution in [0.25, 0.3) is 0 Å². The van der Waals surface area contributed by atoms with Crippen molar-refractivity contribution in [3.63, 3.8) is 0 Å². The van der Waals surface area contributed by atoms with Crippen molar-refractivity contribution in [1.29, 1.82) is 0 Å². The maximum Gasteiger partial charge on any atom is 0.246 e. The summed E-state index contributed by atoms with van der Waals surface area (Å²) >= 11 is 0. The zero-order chi connectivity index (χ0) is 37.5. The SMILES string of the molecule is CCCC(CC(=O)C1[C@H]2CCC[C@H]2CN1C(=O)[C@@H](NC(=O)[C@H](CC(=O)c1cnccn1)C(C)C)C(C)(C)C)C(=O)C(=O)C[C@@H](C)c1ccccc1. The van der Waals surface area contributed by atoms with Crippen LogP contribution in [0, 0.1) is 35.0 Å². The Kier molecular flexibility index (Phi) is 13.6. The van der Waals surface area contributed by atoms with E-state index in [4.69, 9.17) is 0 Å². The third kappa shape index (κ3) is 9.83. The van der Waals surface area contributed by atoms with Gasteiger partial charge in [-0.15, -0.1) is 0 Å². The topological polar surface area (TPSA) is 143 Å². The van der Waals surface area contributed by atoms with Crippen molar-refractivity contribution in [1.82, 2.24) is 20.2 Å². The molecule has 2 unspecified atom stereocenters. The Balaban J connectivity index is 1.52. The average molecular weight is 701 g/mol. The fourth-order valence-corrected chi connectivity index (χ4v) is 7.93. The number of nitrogens with zero attached hydrogens (tertiary/aromatic N) is 3. The normalized spacial score (nSPS) is 21.0. The Morgan fingerprint density at radius 3 is 2.25 bits per heavy atom. The van der Waals surface area contributed by atoms with Crippen molar-refractivity contribution in [3.8, 4) is 0 Å². The van der Waals surface area contributed by atoms with Crippen molar-refractivity contribution in [3.05, 3.63) is 60.2 Å². The highest BCUT2D eigenvalue weighted by Crippen LogP contribution is 2.44. The Hall–Kier alpha value is -4.08. The standard InChI is InChI=1S/C41H56N4O6/c1-8-13-28(37(49)35(48)20-26(4)27-14-10-9-11-15-27)21-34(47)36-30-17-12-16-29(30)24-45(36)40(51)38(41(5,6)7)44-39(50)31(25(2)3)22-33(46)32-23-42-18-19-43-32/h9-11,14-15,18-19,23,25-26,28-31,36,38H,8,12-13,16-17,20-22,24H2,1-7H3,(H,44,50)/t26-,28?,29+,30+,31-,36?,38-/m1/s1. The number of aromatic nitrogens is 2. The minimum atomic E-state index is -0.957. The molecule has 0 bridgehead atoms. The number of nitrogens with one attached hydrogen (secondary N) is 1. The molecule has 1 saturated carbocycles. The van der Waals surface area contributed by atoms with E-state index in [2.05, 4.69) is 15.3 Å². The highest BCUT2D eigenvalue weighted by molar-refractivity contribution is 6.38. The van der Waals surface area contributed by atoms with E-state index in [1.165, 1.54) is 18.6 Å². The number of hydrogen-bond acceptors (Lipinski definition) is 8. The first-order valence-corrected chi connectivity index (χ1v) is 18.7. The van der Waals surface area contributed by atoms with E-state index in [0.717, 1.165) is 24.8 Å². The number of rotatable bonds is 17. The van der Waals surface area contributed by atoms with Crippen molar-refractivity contribution < 1.29 is 28.8 Å². The monoisotopic (exact) mass is 700 g/mol. The van der Waals surface area contributed by atoms with Gasteiger partial charge in [0.15, 0.2) is 17.3 Å². The number of Topliss-reactive ketones (excluding diaryl/α,β-unsaturated/α-hetero) is 4. The molecule has 2 amide bonds. The lowest BCUT2D eigenvalue weighted by Crippen LogP contribution is -2.58. The number of carbonyl (C=O) groups is 6. The predicted molar refractivity (Wildman–Crippen MR) is 195 cm³/mol. The van der Waals surface area contributed by atoms with Crippen LogP contribution < -0.4 is 5.32 Å². The summed E-state index contributed by atoms with van der Waals surface area (Å²) in [4.78, 5) is 92.3. The number of amides is 2. The molecule has 276 valence electrons. The first-order chi connectivity index (χ1) is 24.1. The van der Waals surface area contributed by atoms with Gasteiger partial charge >= 0.3 is 0 Å². The first-order valence-electron chi connectivity index (χ1n) is 18.7. The van der Waals surface area contributed by atoms with Crippen molar-refractivity contribution in [2.24, 2.45) is 35.0 Å². The van der Waals surface area contributed by atoms with Crippen molar-refractivity contribution in [2.75, 3.05) is 6.54 Å². The van der Waals surface area contributed by atoms with Gasteiger partial charge in [0.2, 0.25) is 17.6 Å². The summed E-state index contributed by atoms with van der Waals surface area (Å²) < 4.78 is 0. The fourth-order valence-electron chi connectivity index (χ4n) is 7.93. The first kappa shape index (κ1) is 39.7. The van der Waals surface area contributed by atoms with Crippen molar-refractivity contribution >= 4 is 34.9 Å². The molecule has 2 heterocycles. The van der Waals surface area contributed by atoms with Crippen LogP contribution >= 0.6 is 0 Å². The lowest BCUT2D eigenvalue weighted by atomic mass is 9.82. The smallest absolute Gasteiger partial charge is 0.246 e. The van der Waals surface area contributed by atoms with Crippen molar-refractivity contribution in [2.45, 2.75) is 118 Å². The molecule has 0 radical (unpaired) electrons. The van der Waals surface area contributed by atoms with Gasteiger partial charge in [-0.25, -0.2) is 4.98 Å². The van der Waals surface area contributed by atoms with E-state index in [0.29, 0.717) is 19.4 Å². The molecule has 2 aromatic rings. The van der Waals surface area contributed by atoms with Crippen LogP contribution in [-0.4, -0.2) is 68.4 Å². The van der Waals surface area contributed by atoms with Gasteiger partial charge in [0.1, 0.15) is 11.7 Å². The average Bonchev–Trinajstić information content (AvgIpc) is 3.70. The lowest BCUT2D eigenvalue weighted by Gasteiger charge is -2.37. The number of carbonyl (C=O) groups excluding carboxylic acids is 6. The number of ketones is 4. The number of benzene rings is 1. The summed E-state index contributed by atoms with van der Waals surface area (Å²) in [5, 5.41) is 2.99. The largest absolute Gasteiger partial charge is 0.344 e. The summed E-state index contributed by atoms with van der Waals surface area (Å²) in [6, 6.07) is 7.91. The van der Waals surface area contributed by atoms with E-state index in [1.807, 2.05) is 78.8 Å². The van der Waals surface area contributed by atoms with Gasteiger partial charge in [0, 0.05) is 50.0 Å². The highest BCUT2D eigenvalue weighted by atomic mass is 16.2. The minimum Gasteiger partial charge on any atom is -0.344 e. The number of fused-ring (bicyclic) bond motifs is 1. The van der Waals surface area contributed by atoms with Crippen LogP contribution in [0.4, 0.5) is 0 Å². The molecule has 1 saturated heterocycles. The quantitative estimate of drug-likeness (QED) is 0.152. The lowest BCUT2D eigenvalue weighted by molar-refractivity contribution is -0.146. The fraction of sp³-hybridized carbons (Fsp3) is 0.610. The van der Waals surface area contributed by atoms with Crippen LogP contribution in [-0.2, 0) is 24.0 Å². The maximum absolute atomic E-state index is 14.6. The third-order valence-electron chi connectivity index (χ3n) is 10.9. The summed E-state index contributed by atoms with van der Waals surface area (Å²) in [5.41, 5.74) is 0.444. The van der Waals surface area contributed by atoms with Gasteiger partial charge in [0.05, 0.1) is 12.2 Å². The summed E-state index contributed by atoms with van der Waals surface area (Å²) in [5.74, 6) is -3.89. The molecule has 4 rings (SSSR count). The second-order valence-electron chi connectivity index (χ2n) is 16.1. The molecule has 2 fully saturated rings. The molecule has 7 atom stereocenters. The molecule has 1 aromatic carbocycles. The maximum atomic E-state index is 14.6. The molecule has 2 aliphatic rings. The zero-order valence-corrected chi connectivity index (χ0v) is 31.4. The predicted octanol–water partition coefficient (Wildman–Crippen LogP) is 6.19.